The molecular weight excluding hydrogens is 354 g/mol. The van der Waals surface area contributed by atoms with Crippen LogP contribution in [-0.2, 0) is 11.2 Å². The number of benzene rings is 1. The topological polar surface area (TPSA) is 125 Å². The van der Waals surface area contributed by atoms with E-state index >= 15 is 0 Å². The molecule has 1 aliphatic heterocycles. The number of guanidine groups is 1. The lowest BCUT2D eigenvalue weighted by Gasteiger charge is -2.23. The summed E-state index contributed by atoms with van der Waals surface area (Å²) in [6, 6.07) is 8.57. The van der Waals surface area contributed by atoms with Gasteiger partial charge >= 0.3 is 0 Å². The van der Waals surface area contributed by atoms with Crippen LogP contribution in [0.25, 0.3) is 0 Å². The molecule has 150 valence electrons. The first kappa shape index (κ1) is 20.0. The average molecular weight is 384 g/mol. The summed E-state index contributed by atoms with van der Waals surface area (Å²) in [6.45, 7) is 5.37. The van der Waals surface area contributed by atoms with Gasteiger partial charge in [0.05, 0.1) is 0 Å². The number of nitrogens with zero attached hydrogens (tertiary/aromatic N) is 4. The highest BCUT2D eigenvalue weighted by atomic mass is 16.1. The molecule has 1 fully saturated rings. The van der Waals surface area contributed by atoms with Crippen LogP contribution in [0.2, 0.25) is 0 Å². The monoisotopic (exact) mass is 383 g/mol. The van der Waals surface area contributed by atoms with Crippen LogP contribution in [0, 0.1) is 11.3 Å². The third kappa shape index (κ3) is 4.55. The van der Waals surface area contributed by atoms with E-state index < -0.39 is 0 Å². The van der Waals surface area contributed by atoms with Gasteiger partial charge in [0.1, 0.15) is 5.78 Å². The van der Waals surface area contributed by atoms with Crippen LogP contribution in [0.4, 0.5) is 0 Å². The Hall–Kier alpha value is -2.77. The first-order valence-electron chi connectivity index (χ1n) is 9.91. The number of rotatable bonds is 8. The van der Waals surface area contributed by atoms with Gasteiger partial charge < -0.3 is 10.6 Å². The van der Waals surface area contributed by atoms with Crippen molar-refractivity contribution in [3.05, 3.63) is 41.2 Å². The van der Waals surface area contributed by atoms with Crippen LogP contribution in [0.5, 0.6) is 0 Å². The Balaban J connectivity index is 1.74. The fourth-order valence-electron chi connectivity index (χ4n) is 4.18. The number of H-pyrrole nitrogens is 1. The number of tetrazole rings is 1. The minimum absolute atomic E-state index is 0.0574. The van der Waals surface area contributed by atoms with Gasteiger partial charge in [-0.1, -0.05) is 37.6 Å². The molecule has 1 aliphatic rings. The molecule has 8 nitrogen and oxygen atoms in total. The highest BCUT2D eigenvalue weighted by molar-refractivity contribution is 5.79. The number of Topliss-reactive ketones (excluding diaryl/α,β-unsaturated/α-hetero) is 1. The number of aromatic nitrogens is 4. The third-order valence-corrected chi connectivity index (χ3v) is 5.76. The van der Waals surface area contributed by atoms with Crippen LogP contribution in [-0.4, -0.2) is 50.4 Å². The number of aromatic amines is 1. The molecule has 0 amide bonds. The van der Waals surface area contributed by atoms with Gasteiger partial charge in [-0.05, 0) is 47.7 Å². The maximum Gasteiger partial charge on any atom is 0.188 e. The molecular formula is C20H29N7O. The Morgan fingerprint density at radius 2 is 2.14 bits per heavy atom. The lowest BCUT2D eigenvalue weighted by atomic mass is 9.81. The Kier molecular flexibility index (Phi) is 6.38. The molecule has 3 rings (SSSR count). The lowest BCUT2D eigenvalue weighted by Crippen LogP contribution is -2.34. The maximum atomic E-state index is 12.3. The van der Waals surface area contributed by atoms with E-state index in [-0.39, 0.29) is 23.6 Å². The fourth-order valence-corrected chi connectivity index (χ4v) is 4.18. The Morgan fingerprint density at radius 1 is 1.39 bits per heavy atom. The van der Waals surface area contributed by atoms with Gasteiger partial charge in [0.2, 0.25) is 0 Å². The third-order valence-electron chi connectivity index (χ3n) is 5.76. The summed E-state index contributed by atoms with van der Waals surface area (Å²) in [5, 5.41) is 22.0. The molecule has 0 spiro atoms. The minimum atomic E-state index is -0.0987. The number of hydrogen-bond acceptors (Lipinski definition) is 5. The predicted molar refractivity (Wildman–Crippen MR) is 107 cm³/mol. The molecule has 1 aromatic heterocycles. The molecule has 0 radical (unpaired) electrons. The normalized spacial score (nSPS) is 18.8. The summed E-state index contributed by atoms with van der Waals surface area (Å²) in [6.07, 6.45) is 3.48. The van der Waals surface area contributed by atoms with Crippen molar-refractivity contribution in [1.29, 1.82) is 5.41 Å². The van der Waals surface area contributed by atoms with E-state index in [0.717, 1.165) is 37.9 Å². The largest absolute Gasteiger partial charge is 0.370 e. The standard InChI is InChI=1S/C20H29N7O/c1-3-4-17(13(2)28)18(19-23-25-26-24-19)11-14-5-7-15(8-6-14)16-9-10-27(12-16)20(21)22/h5-8,16-18H,3-4,9-12H2,1-2H3,(H3,21,22)(H,23,24,25,26)/t16?,17-,18+/m1/s1. The van der Waals surface area contributed by atoms with Crippen LogP contribution in [0.1, 0.15) is 61.9 Å². The van der Waals surface area contributed by atoms with E-state index in [0.29, 0.717) is 18.2 Å². The van der Waals surface area contributed by atoms with Gasteiger partial charge in [-0.2, -0.15) is 0 Å². The van der Waals surface area contributed by atoms with Crippen molar-refractivity contribution in [2.45, 2.75) is 51.4 Å². The smallest absolute Gasteiger partial charge is 0.188 e. The van der Waals surface area contributed by atoms with E-state index in [1.54, 1.807) is 6.92 Å². The highest BCUT2D eigenvalue weighted by Gasteiger charge is 2.30. The Bertz CT molecular complexity index is 787. The van der Waals surface area contributed by atoms with Crippen molar-refractivity contribution in [3.8, 4) is 0 Å². The summed E-state index contributed by atoms with van der Waals surface area (Å²) in [5.74, 6) is 1.24. The molecule has 0 aliphatic carbocycles. The molecule has 1 unspecified atom stereocenters. The van der Waals surface area contributed by atoms with Gasteiger partial charge in [-0.3, -0.25) is 10.2 Å². The molecule has 0 bridgehead atoms. The molecule has 3 atom stereocenters. The van der Waals surface area contributed by atoms with Gasteiger partial charge in [0.15, 0.2) is 11.8 Å². The zero-order valence-electron chi connectivity index (χ0n) is 16.6. The maximum absolute atomic E-state index is 12.3. The number of likely N-dealkylation sites (tertiary alicyclic amines) is 1. The number of ketones is 1. The Labute approximate surface area is 165 Å². The average Bonchev–Trinajstić information content (AvgIpc) is 3.36. The van der Waals surface area contributed by atoms with Crippen molar-refractivity contribution in [3.63, 3.8) is 0 Å². The predicted octanol–water partition coefficient (Wildman–Crippen LogP) is 2.21. The number of carbonyl (C=O) groups is 1. The minimum Gasteiger partial charge on any atom is -0.370 e. The van der Waals surface area contributed by atoms with Crippen molar-refractivity contribution >= 4 is 11.7 Å². The van der Waals surface area contributed by atoms with Gasteiger partial charge in [0.25, 0.3) is 0 Å². The van der Waals surface area contributed by atoms with Crippen molar-refractivity contribution in [1.82, 2.24) is 25.5 Å². The van der Waals surface area contributed by atoms with Gasteiger partial charge in [0, 0.05) is 30.8 Å². The Morgan fingerprint density at radius 3 is 2.68 bits per heavy atom. The summed E-state index contributed by atoms with van der Waals surface area (Å²) >= 11 is 0. The molecule has 8 heteroatoms. The van der Waals surface area contributed by atoms with E-state index in [9.17, 15) is 4.79 Å². The van der Waals surface area contributed by atoms with E-state index in [2.05, 4.69) is 51.8 Å². The summed E-state index contributed by atoms with van der Waals surface area (Å²) in [4.78, 5) is 14.2. The van der Waals surface area contributed by atoms with E-state index in [1.165, 1.54) is 5.56 Å². The zero-order chi connectivity index (χ0) is 20.1. The second-order valence-electron chi connectivity index (χ2n) is 7.66. The second kappa shape index (κ2) is 8.95. The van der Waals surface area contributed by atoms with E-state index in [4.69, 9.17) is 11.1 Å². The van der Waals surface area contributed by atoms with E-state index in [1.807, 2.05) is 4.90 Å². The van der Waals surface area contributed by atoms with Crippen molar-refractivity contribution in [2.24, 2.45) is 11.7 Å². The molecule has 1 saturated heterocycles. The number of nitrogens with one attached hydrogen (secondary N) is 2. The highest BCUT2D eigenvalue weighted by Crippen LogP contribution is 2.32. The second-order valence-corrected chi connectivity index (χ2v) is 7.66. The van der Waals surface area contributed by atoms with Crippen LogP contribution in [0.15, 0.2) is 24.3 Å². The molecule has 1 aromatic carbocycles. The molecule has 2 heterocycles. The number of carbonyl (C=O) groups excluding carboxylic acids is 1. The molecule has 28 heavy (non-hydrogen) atoms. The molecule has 0 saturated carbocycles. The lowest BCUT2D eigenvalue weighted by molar-refractivity contribution is -0.121. The fraction of sp³-hybridized carbons (Fsp3) is 0.550. The van der Waals surface area contributed by atoms with Gasteiger partial charge in [-0.15, -0.1) is 5.10 Å². The molecule has 2 aromatic rings. The van der Waals surface area contributed by atoms with Crippen molar-refractivity contribution < 1.29 is 4.79 Å². The molecule has 4 N–H and O–H groups in total. The quantitative estimate of drug-likeness (QED) is 0.474. The summed E-state index contributed by atoms with van der Waals surface area (Å²) < 4.78 is 0. The zero-order valence-corrected chi connectivity index (χ0v) is 16.6. The summed E-state index contributed by atoms with van der Waals surface area (Å²) in [5.41, 5.74) is 8.03. The number of nitrogens with two attached hydrogens (primary N) is 1. The summed E-state index contributed by atoms with van der Waals surface area (Å²) in [7, 11) is 0. The first-order valence-corrected chi connectivity index (χ1v) is 9.91. The SMILES string of the molecule is CCC[C@H](C(C)=O)[C@H](Cc1ccc(C2CCN(C(=N)N)C2)cc1)c1nnn[nH]1. The number of hydrogen-bond donors (Lipinski definition) is 3. The van der Waals surface area contributed by atoms with Crippen molar-refractivity contribution in [2.75, 3.05) is 13.1 Å². The van der Waals surface area contributed by atoms with Crippen LogP contribution < -0.4 is 5.73 Å². The van der Waals surface area contributed by atoms with Crippen LogP contribution in [0.3, 0.4) is 0 Å². The van der Waals surface area contributed by atoms with Gasteiger partial charge in [-0.25, -0.2) is 5.10 Å². The van der Waals surface area contributed by atoms with Crippen LogP contribution >= 0.6 is 0 Å². The first-order chi connectivity index (χ1) is 13.5.